The Morgan fingerprint density at radius 1 is 1.06 bits per heavy atom. The topological polar surface area (TPSA) is 72.9 Å². The summed E-state index contributed by atoms with van der Waals surface area (Å²) in [5.74, 6) is -0.623. The summed E-state index contributed by atoms with van der Waals surface area (Å²) in [7, 11) is 0. The summed E-state index contributed by atoms with van der Waals surface area (Å²) < 4.78 is 0. The van der Waals surface area contributed by atoms with Crippen molar-refractivity contribution >= 4 is 23.3 Å². The van der Waals surface area contributed by atoms with Crippen LogP contribution in [0.1, 0.15) is 52.0 Å². The van der Waals surface area contributed by atoms with Crippen LogP contribution in [0.4, 0.5) is 11.4 Å². The van der Waals surface area contributed by atoms with Gasteiger partial charge in [-0.25, -0.2) is 4.79 Å². The van der Waals surface area contributed by atoms with Crippen LogP contribution >= 0.6 is 0 Å². The van der Waals surface area contributed by atoms with E-state index in [1.807, 2.05) is 31.2 Å². The number of aryl methyl sites for hydroxylation is 1. The van der Waals surface area contributed by atoms with Gasteiger partial charge in [0.05, 0.1) is 16.9 Å². The first-order valence-corrected chi connectivity index (χ1v) is 11.2. The average molecular weight is 422 g/mol. The number of rotatable bonds is 6. The third kappa shape index (κ3) is 5.07. The number of hydrogen-bond acceptors (Lipinski definition) is 4. The molecule has 31 heavy (non-hydrogen) atoms. The summed E-state index contributed by atoms with van der Waals surface area (Å²) in [6.45, 7) is 7.25. The minimum absolute atomic E-state index is 0.175. The number of carboxylic acids is 1. The molecule has 6 nitrogen and oxygen atoms in total. The van der Waals surface area contributed by atoms with Gasteiger partial charge in [0.25, 0.3) is 5.91 Å². The SMILES string of the molecule is Cc1ccccc1C(=O)Nc1cc(C(=O)O)ccc1N1CCCC(CN2CCCC2)C1. The van der Waals surface area contributed by atoms with Crippen molar-refractivity contribution in [1.82, 2.24) is 4.90 Å². The molecule has 0 aliphatic carbocycles. The van der Waals surface area contributed by atoms with Crippen LogP contribution in [-0.4, -0.2) is 54.6 Å². The van der Waals surface area contributed by atoms with Gasteiger partial charge in [-0.05, 0) is 81.4 Å². The summed E-state index contributed by atoms with van der Waals surface area (Å²) in [6, 6.07) is 12.5. The Balaban J connectivity index is 1.57. The van der Waals surface area contributed by atoms with E-state index in [0.29, 0.717) is 17.2 Å². The summed E-state index contributed by atoms with van der Waals surface area (Å²) in [5, 5.41) is 12.5. The average Bonchev–Trinajstić information content (AvgIpc) is 3.27. The Kier molecular flexibility index (Phi) is 6.56. The maximum Gasteiger partial charge on any atom is 0.335 e. The first kappa shape index (κ1) is 21.4. The number of likely N-dealkylation sites (tertiary alicyclic amines) is 1. The molecule has 2 fully saturated rings. The van der Waals surface area contributed by atoms with Gasteiger partial charge in [0.2, 0.25) is 0 Å². The Labute approximate surface area is 183 Å². The summed E-state index contributed by atoms with van der Waals surface area (Å²) in [4.78, 5) is 29.4. The highest BCUT2D eigenvalue weighted by atomic mass is 16.4. The van der Waals surface area contributed by atoms with Gasteiger partial charge in [0, 0.05) is 25.2 Å². The number of aromatic carboxylic acids is 1. The van der Waals surface area contributed by atoms with Gasteiger partial charge in [0.1, 0.15) is 0 Å². The molecule has 2 heterocycles. The molecule has 2 aromatic rings. The number of anilines is 2. The van der Waals surface area contributed by atoms with Gasteiger partial charge < -0.3 is 20.2 Å². The molecule has 0 aromatic heterocycles. The first-order chi connectivity index (χ1) is 15.0. The Morgan fingerprint density at radius 2 is 1.84 bits per heavy atom. The molecule has 2 saturated heterocycles. The zero-order chi connectivity index (χ0) is 21.8. The molecule has 2 N–H and O–H groups in total. The van der Waals surface area contributed by atoms with E-state index in [1.54, 1.807) is 18.2 Å². The van der Waals surface area contributed by atoms with Crippen LogP contribution < -0.4 is 10.2 Å². The smallest absolute Gasteiger partial charge is 0.335 e. The van der Waals surface area contributed by atoms with Crippen LogP contribution in [0.5, 0.6) is 0 Å². The van der Waals surface area contributed by atoms with Gasteiger partial charge in [-0.3, -0.25) is 4.79 Å². The van der Waals surface area contributed by atoms with E-state index in [4.69, 9.17) is 0 Å². The molecule has 0 spiro atoms. The zero-order valence-electron chi connectivity index (χ0n) is 18.1. The number of benzene rings is 2. The summed E-state index contributed by atoms with van der Waals surface area (Å²) in [5.41, 5.74) is 3.13. The third-order valence-corrected chi connectivity index (χ3v) is 6.46. The maximum atomic E-state index is 13.0. The molecular formula is C25H31N3O3. The normalized spacial score (nSPS) is 19.4. The number of amides is 1. The predicted octanol–water partition coefficient (Wildman–Crippen LogP) is 4.26. The van der Waals surface area contributed by atoms with Crippen molar-refractivity contribution in [1.29, 1.82) is 0 Å². The van der Waals surface area contributed by atoms with E-state index in [1.165, 1.54) is 32.4 Å². The van der Waals surface area contributed by atoms with Gasteiger partial charge in [-0.15, -0.1) is 0 Å². The van der Waals surface area contributed by atoms with Crippen molar-refractivity contribution in [3.63, 3.8) is 0 Å². The van der Waals surface area contributed by atoms with Crippen LogP contribution in [0.3, 0.4) is 0 Å². The molecule has 2 aliphatic heterocycles. The van der Waals surface area contributed by atoms with E-state index in [9.17, 15) is 14.7 Å². The molecule has 0 radical (unpaired) electrons. The number of carboxylic acid groups (broad SMARTS) is 1. The van der Waals surface area contributed by atoms with E-state index in [-0.39, 0.29) is 11.5 Å². The van der Waals surface area contributed by atoms with Crippen molar-refractivity contribution in [2.24, 2.45) is 5.92 Å². The lowest BCUT2D eigenvalue weighted by Crippen LogP contribution is -2.40. The molecule has 1 unspecified atom stereocenters. The quantitative estimate of drug-likeness (QED) is 0.729. The highest BCUT2D eigenvalue weighted by Crippen LogP contribution is 2.32. The molecule has 2 aromatic carbocycles. The summed E-state index contributed by atoms with van der Waals surface area (Å²) in [6.07, 6.45) is 4.90. The Hall–Kier alpha value is -2.86. The lowest BCUT2D eigenvalue weighted by Gasteiger charge is -2.37. The molecule has 4 rings (SSSR count). The van der Waals surface area contributed by atoms with Gasteiger partial charge in [-0.1, -0.05) is 18.2 Å². The molecule has 1 atom stereocenters. The molecule has 164 valence electrons. The fourth-order valence-corrected chi connectivity index (χ4v) is 4.83. The molecule has 1 amide bonds. The first-order valence-electron chi connectivity index (χ1n) is 11.2. The maximum absolute atomic E-state index is 13.0. The van der Waals surface area contributed by atoms with Crippen molar-refractivity contribution < 1.29 is 14.7 Å². The number of carbonyl (C=O) groups excluding carboxylic acids is 1. The highest BCUT2D eigenvalue weighted by Gasteiger charge is 2.26. The minimum Gasteiger partial charge on any atom is -0.478 e. The van der Waals surface area contributed by atoms with E-state index < -0.39 is 5.97 Å². The minimum atomic E-state index is -0.997. The van der Waals surface area contributed by atoms with Gasteiger partial charge >= 0.3 is 5.97 Å². The number of piperidine rings is 1. The predicted molar refractivity (Wildman–Crippen MR) is 123 cm³/mol. The van der Waals surface area contributed by atoms with Crippen LogP contribution in [-0.2, 0) is 0 Å². The Morgan fingerprint density at radius 3 is 2.58 bits per heavy atom. The number of hydrogen-bond donors (Lipinski definition) is 2. The lowest BCUT2D eigenvalue weighted by atomic mass is 9.96. The monoisotopic (exact) mass is 421 g/mol. The molecular weight excluding hydrogens is 390 g/mol. The van der Waals surface area contributed by atoms with Crippen LogP contribution in [0, 0.1) is 12.8 Å². The zero-order valence-corrected chi connectivity index (χ0v) is 18.1. The number of nitrogens with zero attached hydrogens (tertiary/aromatic N) is 2. The van der Waals surface area contributed by atoms with Crippen molar-refractivity contribution in [2.45, 2.75) is 32.6 Å². The van der Waals surface area contributed by atoms with Crippen LogP contribution in [0.25, 0.3) is 0 Å². The fraction of sp³-hybridized carbons (Fsp3) is 0.440. The fourth-order valence-electron chi connectivity index (χ4n) is 4.83. The second kappa shape index (κ2) is 9.52. The standard InChI is InChI=1S/C25H31N3O3/c1-18-7-2-3-9-21(18)24(29)26-22-15-20(25(30)31)10-11-23(22)28-14-6-8-19(17-28)16-27-12-4-5-13-27/h2-3,7,9-11,15,19H,4-6,8,12-14,16-17H2,1H3,(H,26,29)(H,30,31). The lowest BCUT2D eigenvalue weighted by molar-refractivity contribution is 0.0696. The largest absolute Gasteiger partial charge is 0.478 e. The molecule has 6 heteroatoms. The molecule has 0 saturated carbocycles. The number of carbonyl (C=O) groups is 2. The van der Waals surface area contributed by atoms with Crippen LogP contribution in [0.2, 0.25) is 0 Å². The third-order valence-electron chi connectivity index (χ3n) is 6.46. The van der Waals surface area contributed by atoms with Crippen molar-refractivity contribution in [3.05, 3.63) is 59.2 Å². The van der Waals surface area contributed by atoms with E-state index in [0.717, 1.165) is 37.3 Å². The second-order valence-electron chi connectivity index (χ2n) is 8.77. The molecule has 0 bridgehead atoms. The van der Waals surface area contributed by atoms with Crippen molar-refractivity contribution in [3.8, 4) is 0 Å². The van der Waals surface area contributed by atoms with Crippen LogP contribution in [0.15, 0.2) is 42.5 Å². The Bertz CT molecular complexity index is 953. The summed E-state index contributed by atoms with van der Waals surface area (Å²) >= 11 is 0. The van der Waals surface area contributed by atoms with Gasteiger partial charge in [0.15, 0.2) is 0 Å². The van der Waals surface area contributed by atoms with Gasteiger partial charge in [-0.2, -0.15) is 0 Å². The second-order valence-corrected chi connectivity index (χ2v) is 8.77. The molecule has 2 aliphatic rings. The van der Waals surface area contributed by atoms with Crippen molar-refractivity contribution in [2.75, 3.05) is 42.9 Å². The van der Waals surface area contributed by atoms with E-state index >= 15 is 0 Å². The number of nitrogens with one attached hydrogen (secondary N) is 1. The highest BCUT2D eigenvalue weighted by molar-refractivity contribution is 6.07. The van der Waals surface area contributed by atoms with E-state index in [2.05, 4.69) is 15.1 Å².